The highest BCUT2D eigenvalue weighted by Gasteiger charge is 2.20. The number of rotatable bonds is 3. The number of thiazole rings is 1. The number of carboxylic acid groups (broad SMARTS) is 1. The molecule has 1 aromatic heterocycles. The molecule has 5 nitrogen and oxygen atoms in total. The van der Waals surface area contributed by atoms with Crippen molar-refractivity contribution in [2.75, 3.05) is 0 Å². The zero-order chi connectivity index (χ0) is 16.7. The van der Waals surface area contributed by atoms with Gasteiger partial charge in [-0.3, -0.25) is 14.4 Å². The van der Waals surface area contributed by atoms with Gasteiger partial charge in [0, 0.05) is 16.8 Å². The van der Waals surface area contributed by atoms with E-state index in [1.807, 2.05) is 38.1 Å². The number of aliphatic imine (C=N–C) groups is 1. The van der Waals surface area contributed by atoms with E-state index < -0.39 is 5.97 Å². The summed E-state index contributed by atoms with van der Waals surface area (Å²) in [6.07, 6.45) is 1.82. The van der Waals surface area contributed by atoms with Gasteiger partial charge >= 0.3 is 5.97 Å². The smallest absolute Gasteiger partial charge is 0.323 e. The molecule has 1 aromatic carbocycles. The van der Waals surface area contributed by atoms with Gasteiger partial charge in [0.05, 0.1) is 10.6 Å². The van der Waals surface area contributed by atoms with E-state index in [4.69, 9.17) is 17.3 Å². The number of hydrogen-bond acceptors (Lipinski definition) is 5. The number of hydrogen-bond donors (Lipinski definition) is 2. The molecule has 2 heterocycles. The molecule has 0 bridgehead atoms. The fourth-order valence-corrected chi connectivity index (χ4v) is 3.74. The molecule has 7 heteroatoms. The van der Waals surface area contributed by atoms with Crippen molar-refractivity contribution in [3.8, 4) is 5.88 Å². The minimum Gasteiger partial charge on any atom is -0.493 e. The molecule has 1 aliphatic heterocycles. The summed E-state index contributed by atoms with van der Waals surface area (Å²) in [4.78, 5) is 15.9. The Balaban J connectivity index is 2.11. The van der Waals surface area contributed by atoms with Gasteiger partial charge in [-0.25, -0.2) is 0 Å². The average Bonchev–Trinajstić information content (AvgIpc) is 2.91. The van der Waals surface area contributed by atoms with Crippen LogP contribution < -0.4 is 0 Å². The number of fused-ring (bicyclic) bond motifs is 1. The summed E-state index contributed by atoms with van der Waals surface area (Å²) in [6, 6.07) is 6.02. The van der Waals surface area contributed by atoms with Crippen LogP contribution >= 0.6 is 23.6 Å². The van der Waals surface area contributed by atoms with Crippen LogP contribution in [-0.4, -0.2) is 26.5 Å². The monoisotopic (exact) mass is 346 g/mol. The first-order chi connectivity index (χ1) is 10.9. The predicted octanol–water partition coefficient (Wildman–Crippen LogP) is 4.02. The Bertz CT molecular complexity index is 935. The van der Waals surface area contributed by atoms with E-state index in [1.165, 1.54) is 15.9 Å². The lowest BCUT2D eigenvalue weighted by Crippen LogP contribution is -2.07. The van der Waals surface area contributed by atoms with Gasteiger partial charge in [-0.1, -0.05) is 11.6 Å². The van der Waals surface area contributed by atoms with Gasteiger partial charge in [-0.2, -0.15) is 0 Å². The Morgan fingerprint density at radius 1 is 1.43 bits per heavy atom. The maximum absolute atomic E-state index is 10.9. The molecule has 2 aromatic rings. The lowest BCUT2D eigenvalue weighted by molar-refractivity contribution is -0.137. The first-order valence-corrected chi connectivity index (χ1v) is 8.12. The van der Waals surface area contributed by atoms with Crippen LogP contribution in [0.2, 0.25) is 0 Å². The number of carbonyl (C=O) groups is 1. The van der Waals surface area contributed by atoms with Gasteiger partial charge in [0.2, 0.25) is 5.88 Å². The van der Waals surface area contributed by atoms with Gasteiger partial charge in [0.15, 0.2) is 3.95 Å². The first-order valence-electron chi connectivity index (χ1n) is 6.89. The third-order valence-electron chi connectivity index (χ3n) is 3.58. The predicted molar refractivity (Wildman–Crippen MR) is 94.3 cm³/mol. The Labute approximate surface area is 141 Å². The van der Waals surface area contributed by atoms with Crippen molar-refractivity contribution in [1.29, 1.82) is 0 Å². The van der Waals surface area contributed by atoms with E-state index in [9.17, 15) is 9.90 Å². The molecule has 0 amide bonds. The van der Waals surface area contributed by atoms with Crippen LogP contribution in [0.25, 0.3) is 11.6 Å². The molecule has 0 radical (unpaired) electrons. The van der Waals surface area contributed by atoms with E-state index in [-0.39, 0.29) is 12.4 Å². The number of aromatic nitrogens is 1. The molecule has 0 fully saturated rings. The van der Waals surface area contributed by atoms with Gasteiger partial charge in [-0.15, -0.1) is 11.3 Å². The van der Waals surface area contributed by atoms with E-state index in [0.29, 0.717) is 8.83 Å². The number of benzene rings is 1. The van der Waals surface area contributed by atoms with Crippen LogP contribution in [-0.2, 0) is 11.3 Å². The minimum atomic E-state index is -1.05. The summed E-state index contributed by atoms with van der Waals surface area (Å²) in [5.74, 6) is -1.17. The molecule has 3 rings (SSSR count). The number of aryl methyl sites for hydroxylation is 1. The highest BCUT2D eigenvalue weighted by molar-refractivity contribution is 7.73. The number of carboxylic acids is 1. The van der Waals surface area contributed by atoms with E-state index in [2.05, 4.69) is 4.99 Å². The van der Waals surface area contributed by atoms with Crippen LogP contribution in [0.15, 0.2) is 23.2 Å². The number of aliphatic carboxylic acids is 1. The van der Waals surface area contributed by atoms with Gasteiger partial charge in [0.1, 0.15) is 6.54 Å². The standard InChI is InChI=1S/C16H14N2O3S2/c1-8-3-4-12-11(5-8)10(9(2)17-12)6-13-15(21)18(7-14(19)20)16(22)23-13/h3-6,21H,7H2,1-2H3,(H,19,20). The Hall–Kier alpha value is -2.25. The highest BCUT2D eigenvalue weighted by atomic mass is 32.1. The summed E-state index contributed by atoms with van der Waals surface area (Å²) in [7, 11) is 0. The van der Waals surface area contributed by atoms with Crippen LogP contribution in [0, 0.1) is 10.9 Å². The van der Waals surface area contributed by atoms with Crippen LogP contribution in [0.1, 0.15) is 22.9 Å². The van der Waals surface area contributed by atoms with E-state index in [0.717, 1.165) is 28.1 Å². The quantitative estimate of drug-likeness (QED) is 0.823. The SMILES string of the molecule is CC1=Nc2ccc(C)cc2C1=Cc1sc(=S)n(CC(=O)O)c1O. The molecule has 0 saturated carbocycles. The molecule has 0 aliphatic carbocycles. The van der Waals surface area contributed by atoms with Crippen molar-refractivity contribution < 1.29 is 15.0 Å². The lowest BCUT2D eigenvalue weighted by atomic mass is 10.0. The van der Waals surface area contributed by atoms with E-state index in [1.54, 1.807) is 0 Å². The van der Waals surface area contributed by atoms with Crippen LogP contribution in [0.4, 0.5) is 5.69 Å². The maximum Gasteiger partial charge on any atom is 0.323 e. The molecule has 23 heavy (non-hydrogen) atoms. The topological polar surface area (TPSA) is 74.8 Å². The largest absolute Gasteiger partial charge is 0.493 e. The molecular weight excluding hydrogens is 332 g/mol. The molecule has 0 saturated heterocycles. The first kappa shape index (κ1) is 15.6. The van der Waals surface area contributed by atoms with E-state index >= 15 is 0 Å². The van der Waals surface area contributed by atoms with Gasteiger partial charge < -0.3 is 10.2 Å². The second kappa shape index (κ2) is 5.75. The molecule has 0 atom stereocenters. The van der Waals surface area contributed by atoms with Gasteiger partial charge in [0.25, 0.3) is 0 Å². The van der Waals surface area contributed by atoms with Crippen molar-refractivity contribution in [2.24, 2.45) is 4.99 Å². The van der Waals surface area contributed by atoms with Crippen molar-refractivity contribution in [1.82, 2.24) is 4.57 Å². The second-order valence-corrected chi connectivity index (χ2v) is 6.99. The molecular formula is C16H14N2O3S2. The Morgan fingerprint density at radius 3 is 2.87 bits per heavy atom. The van der Waals surface area contributed by atoms with Crippen molar-refractivity contribution in [2.45, 2.75) is 20.4 Å². The summed E-state index contributed by atoms with van der Waals surface area (Å²) in [5, 5.41) is 19.2. The molecule has 0 spiro atoms. The van der Waals surface area contributed by atoms with Crippen LogP contribution in [0.5, 0.6) is 5.88 Å². The molecule has 118 valence electrons. The molecule has 0 unspecified atom stereocenters. The number of allylic oxidation sites excluding steroid dienone is 1. The van der Waals surface area contributed by atoms with Gasteiger partial charge in [-0.05, 0) is 44.3 Å². The normalized spacial score (nSPS) is 14.9. The summed E-state index contributed by atoms with van der Waals surface area (Å²) in [5.41, 5.74) is 4.80. The summed E-state index contributed by atoms with van der Waals surface area (Å²) in [6.45, 7) is 3.56. The minimum absolute atomic E-state index is 0.121. The number of nitrogens with zero attached hydrogens (tertiary/aromatic N) is 2. The van der Waals surface area contributed by atoms with Crippen molar-refractivity contribution in [3.63, 3.8) is 0 Å². The zero-order valence-electron chi connectivity index (χ0n) is 12.5. The Morgan fingerprint density at radius 2 is 2.17 bits per heavy atom. The Kier molecular flexibility index (Phi) is 3.91. The average molecular weight is 346 g/mol. The highest BCUT2D eigenvalue weighted by Crippen LogP contribution is 2.38. The maximum atomic E-state index is 10.9. The number of aromatic hydroxyl groups is 1. The van der Waals surface area contributed by atoms with Crippen molar-refractivity contribution >= 4 is 52.6 Å². The fourth-order valence-electron chi connectivity index (χ4n) is 2.50. The second-order valence-electron chi connectivity index (χ2n) is 5.31. The van der Waals surface area contributed by atoms with Crippen molar-refractivity contribution in [3.05, 3.63) is 38.2 Å². The lowest BCUT2D eigenvalue weighted by Gasteiger charge is -2.03. The third-order valence-corrected chi connectivity index (χ3v) is 4.97. The molecule has 2 N–H and O–H groups in total. The summed E-state index contributed by atoms with van der Waals surface area (Å²) >= 11 is 6.33. The summed E-state index contributed by atoms with van der Waals surface area (Å²) < 4.78 is 1.54. The molecule has 1 aliphatic rings. The third kappa shape index (κ3) is 2.85. The van der Waals surface area contributed by atoms with Crippen LogP contribution in [0.3, 0.4) is 0 Å². The fraction of sp³-hybridized carbons (Fsp3) is 0.188. The zero-order valence-corrected chi connectivity index (χ0v) is 14.2.